The van der Waals surface area contributed by atoms with Crippen molar-refractivity contribution in [2.24, 2.45) is 0 Å². The van der Waals surface area contributed by atoms with Gasteiger partial charge in [0.05, 0.1) is 5.69 Å². The fourth-order valence-corrected chi connectivity index (χ4v) is 2.90. The molecule has 1 aliphatic rings. The molecule has 0 aromatic carbocycles. The number of fused-ring (bicyclic) bond motifs is 1. The third kappa shape index (κ3) is 2.76. The lowest BCUT2D eigenvalue weighted by Crippen LogP contribution is -2.59. The van der Waals surface area contributed by atoms with E-state index in [1.165, 1.54) is 0 Å². The van der Waals surface area contributed by atoms with E-state index in [1.54, 1.807) is 13.1 Å². The Hall–Kier alpha value is -1.95. The molecule has 0 spiro atoms. The van der Waals surface area contributed by atoms with E-state index in [9.17, 15) is 4.79 Å². The normalized spacial score (nSPS) is 19.1. The van der Waals surface area contributed by atoms with Gasteiger partial charge < -0.3 is 4.90 Å². The lowest BCUT2D eigenvalue weighted by atomic mass is 9.98. The fourth-order valence-electron chi connectivity index (χ4n) is 2.90. The molecule has 21 heavy (non-hydrogen) atoms. The van der Waals surface area contributed by atoms with Gasteiger partial charge in [-0.3, -0.25) is 14.1 Å². The van der Waals surface area contributed by atoms with Gasteiger partial charge in [-0.2, -0.15) is 0 Å². The number of nitrogens with zero attached hydrogens (tertiary/aromatic N) is 5. The zero-order valence-corrected chi connectivity index (χ0v) is 12.8. The maximum absolute atomic E-state index is 11.6. The summed E-state index contributed by atoms with van der Waals surface area (Å²) in [7, 11) is 0. The standard InChI is InChI=1S/C15H21N5O/c1-12(21)19-7-8-20(15(2,3)11-19)10-13-9-18-6-4-5-16-14(18)17-13/h4-6,9H,7-8,10-11H2,1-3H3. The molecule has 0 bridgehead atoms. The van der Waals surface area contributed by atoms with E-state index in [4.69, 9.17) is 0 Å². The first-order valence-corrected chi connectivity index (χ1v) is 7.25. The average molecular weight is 287 g/mol. The highest BCUT2D eigenvalue weighted by Gasteiger charge is 2.34. The fraction of sp³-hybridized carbons (Fsp3) is 0.533. The molecule has 1 aliphatic heterocycles. The van der Waals surface area contributed by atoms with Crippen molar-refractivity contribution in [1.82, 2.24) is 24.2 Å². The molecular weight excluding hydrogens is 266 g/mol. The number of amides is 1. The number of imidazole rings is 1. The third-order valence-corrected chi connectivity index (χ3v) is 4.16. The van der Waals surface area contributed by atoms with Gasteiger partial charge in [-0.25, -0.2) is 9.97 Å². The van der Waals surface area contributed by atoms with E-state index >= 15 is 0 Å². The number of hydrogen-bond acceptors (Lipinski definition) is 4. The number of rotatable bonds is 2. The summed E-state index contributed by atoms with van der Waals surface area (Å²) < 4.78 is 1.94. The minimum atomic E-state index is -0.0485. The maximum Gasteiger partial charge on any atom is 0.233 e. The molecule has 0 saturated carbocycles. The van der Waals surface area contributed by atoms with Gasteiger partial charge in [0.2, 0.25) is 11.7 Å². The molecular formula is C15H21N5O. The summed E-state index contributed by atoms with van der Waals surface area (Å²) in [6.45, 7) is 9.18. The van der Waals surface area contributed by atoms with Crippen LogP contribution in [0.4, 0.5) is 0 Å². The number of aromatic nitrogens is 3. The van der Waals surface area contributed by atoms with E-state index in [1.807, 2.05) is 27.8 Å². The van der Waals surface area contributed by atoms with Gasteiger partial charge in [-0.05, 0) is 19.9 Å². The predicted octanol–water partition coefficient (Wildman–Crippen LogP) is 1.17. The zero-order chi connectivity index (χ0) is 15.0. The van der Waals surface area contributed by atoms with Gasteiger partial charge in [-0.15, -0.1) is 0 Å². The Balaban J connectivity index is 1.76. The van der Waals surface area contributed by atoms with E-state index in [-0.39, 0.29) is 11.4 Å². The Morgan fingerprint density at radius 1 is 1.38 bits per heavy atom. The lowest BCUT2D eigenvalue weighted by molar-refractivity contribution is -0.134. The summed E-state index contributed by atoms with van der Waals surface area (Å²) in [6.07, 6.45) is 5.73. The number of hydrogen-bond donors (Lipinski definition) is 0. The molecule has 2 aromatic rings. The lowest BCUT2D eigenvalue weighted by Gasteiger charge is -2.46. The number of piperazine rings is 1. The first-order chi connectivity index (χ1) is 9.95. The maximum atomic E-state index is 11.6. The third-order valence-electron chi connectivity index (χ3n) is 4.16. The Kier molecular flexibility index (Phi) is 3.41. The van der Waals surface area contributed by atoms with Crippen molar-refractivity contribution >= 4 is 11.7 Å². The largest absolute Gasteiger partial charge is 0.340 e. The van der Waals surface area contributed by atoms with Gasteiger partial charge in [0, 0.05) is 57.2 Å². The SMILES string of the molecule is CC(=O)N1CCN(Cc2cn3cccnc3n2)C(C)(C)C1. The smallest absolute Gasteiger partial charge is 0.233 e. The van der Waals surface area contributed by atoms with Crippen LogP contribution < -0.4 is 0 Å². The second-order valence-electron chi connectivity index (χ2n) is 6.23. The number of carbonyl (C=O) groups is 1. The highest BCUT2D eigenvalue weighted by molar-refractivity contribution is 5.73. The van der Waals surface area contributed by atoms with Crippen LogP contribution in [0.5, 0.6) is 0 Å². The van der Waals surface area contributed by atoms with Gasteiger partial charge >= 0.3 is 0 Å². The van der Waals surface area contributed by atoms with Crippen molar-refractivity contribution in [3.8, 4) is 0 Å². The molecule has 0 radical (unpaired) electrons. The molecule has 3 heterocycles. The van der Waals surface area contributed by atoms with Gasteiger partial charge in [0.15, 0.2) is 0 Å². The average Bonchev–Trinajstić information content (AvgIpc) is 2.82. The van der Waals surface area contributed by atoms with Crippen LogP contribution in [0, 0.1) is 0 Å². The first kappa shape index (κ1) is 14.0. The highest BCUT2D eigenvalue weighted by Crippen LogP contribution is 2.23. The van der Waals surface area contributed by atoms with Crippen molar-refractivity contribution < 1.29 is 4.79 Å². The summed E-state index contributed by atoms with van der Waals surface area (Å²) in [5, 5.41) is 0. The second-order valence-corrected chi connectivity index (χ2v) is 6.23. The number of carbonyl (C=O) groups excluding carboxylic acids is 1. The molecule has 112 valence electrons. The van der Waals surface area contributed by atoms with Crippen LogP contribution in [0.3, 0.4) is 0 Å². The summed E-state index contributed by atoms with van der Waals surface area (Å²) in [4.78, 5) is 24.7. The minimum Gasteiger partial charge on any atom is -0.340 e. The van der Waals surface area contributed by atoms with Crippen LogP contribution in [0.1, 0.15) is 26.5 Å². The summed E-state index contributed by atoms with van der Waals surface area (Å²) in [5.74, 6) is 0.882. The molecule has 0 N–H and O–H groups in total. The van der Waals surface area contributed by atoms with Crippen molar-refractivity contribution in [2.75, 3.05) is 19.6 Å². The van der Waals surface area contributed by atoms with Crippen LogP contribution in [-0.2, 0) is 11.3 Å². The van der Waals surface area contributed by atoms with Crippen LogP contribution in [-0.4, -0.2) is 55.2 Å². The van der Waals surface area contributed by atoms with E-state index in [0.717, 1.165) is 37.7 Å². The molecule has 1 saturated heterocycles. The highest BCUT2D eigenvalue weighted by atomic mass is 16.2. The molecule has 6 heteroatoms. The van der Waals surface area contributed by atoms with Gasteiger partial charge in [0.1, 0.15) is 0 Å². The zero-order valence-electron chi connectivity index (χ0n) is 12.8. The van der Waals surface area contributed by atoms with Crippen molar-refractivity contribution in [1.29, 1.82) is 0 Å². The van der Waals surface area contributed by atoms with Crippen LogP contribution in [0.25, 0.3) is 5.78 Å². The van der Waals surface area contributed by atoms with Crippen LogP contribution >= 0.6 is 0 Å². The Labute approximate surface area is 124 Å². The molecule has 1 fully saturated rings. The predicted molar refractivity (Wildman–Crippen MR) is 79.7 cm³/mol. The van der Waals surface area contributed by atoms with Crippen molar-refractivity contribution in [2.45, 2.75) is 32.9 Å². The summed E-state index contributed by atoms with van der Waals surface area (Å²) >= 11 is 0. The Bertz CT molecular complexity index is 630. The Morgan fingerprint density at radius 3 is 2.86 bits per heavy atom. The molecule has 2 aromatic heterocycles. The molecule has 0 aliphatic carbocycles. The second kappa shape index (κ2) is 5.11. The van der Waals surface area contributed by atoms with Gasteiger partial charge in [-0.1, -0.05) is 0 Å². The molecule has 1 amide bonds. The Morgan fingerprint density at radius 2 is 2.19 bits per heavy atom. The summed E-state index contributed by atoms with van der Waals surface area (Å²) in [5.41, 5.74) is 0.964. The molecule has 0 unspecified atom stereocenters. The molecule has 3 rings (SSSR count). The van der Waals surface area contributed by atoms with E-state index < -0.39 is 0 Å². The monoisotopic (exact) mass is 287 g/mol. The van der Waals surface area contributed by atoms with Crippen molar-refractivity contribution in [3.05, 3.63) is 30.4 Å². The van der Waals surface area contributed by atoms with E-state index in [2.05, 4.69) is 28.7 Å². The summed E-state index contributed by atoms with van der Waals surface area (Å²) in [6, 6.07) is 1.90. The molecule has 6 nitrogen and oxygen atoms in total. The van der Waals surface area contributed by atoms with E-state index in [0.29, 0.717) is 0 Å². The minimum absolute atomic E-state index is 0.0485. The topological polar surface area (TPSA) is 53.7 Å². The van der Waals surface area contributed by atoms with Crippen molar-refractivity contribution in [3.63, 3.8) is 0 Å². The van der Waals surface area contributed by atoms with Crippen LogP contribution in [0.15, 0.2) is 24.7 Å². The van der Waals surface area contributed by atoms with Crippen LogP contribution in [0.2, 0.25) is 0 Å². The first-order valence-electron chi connectivity index (χ1n) is 7.25. The quantitative estimate of drug-likeness (QED) is 0.832. The van der Waals surface area contributed by atoms with Gasteiger partial charge in [0.25, 0.3) is 0 Å². The molecule has 0 atom stereocenters.